The maximum absolute atomic E-state index is 13.3. The SMILES string of the molecule is O=C1/C(=C/c2ccc(OCc3cccc(F)c3)c(Cl)c2)NC(=S)N1C1CCCCC1. The first-order chi connectivity index (χ1) is 14.5. The number of nitrogens with zero attached hydrogens (tertiary/aromatic N) is 1. The normalized spacial score (nSPS) is 18.7. The molecule has 0 spiro atoms. The predicted molar refractivity (Wildman–Crippen MR) is 120 cm³/mol. The van der Waals surface area contributed by atoms with Crippen LogP contribution in [0.25, 0.3) is 6.08 Å². The van der Waals surface area contributed by atoms with Crippen LogP contribution in [0.2, 0.25) is 5.02 Å². The Morgan fingerprint density at radius 2 is 2.00 bits per heavy atom. The number of amides is 1. The van der Waals surface area contributed by atoms with Crippen LogP contribution in [-0.2, 0) is 11.4 Å². The Bertz CT molecular complexity index is 1000. The smallest absolute Gasteiger partial charge is 0.276 e. The van der Waals surface area contributed by atoms with E-state index in [1.54, 1.807) is 35.2 Å². The van der Waals surface area contributed by atoms with Crippen molar-refractivity contribution in [2.24, 2.45) is 0 Å². The molecule has 30 heavy (non-hydrogen) atoms. The van der Waals surface area contributed by atoms with E-state index in [9.17, 15) is 9.18 Å². The molecule has 1 amide bonds. The summed E-state index contributed by atoms with van der Waals surface area (Å²) >= 11 is 11.8. The Hall–Kier alpha value is -2.44. The molecule has 2 aromatic rings. The van der Waals surface area contributed by atoms with Gasteiger partial charge in [0.15, 0.2) is 5.11 Å². The van der Waals surface area contributed by atoms with Crippen LogP contribution in [-0.4, -0.2) is 22.0 Å². The number of carbonyl (C=O) groups excluding carboxylic acids is 1. The molecular formula is C23H22ClFN2O2S. The lowest BCUT2D eigenvalue weighted by atomic mass is 9.94. The van der Waals surface area contributed by atoms with Gasteiger partial charge >= 0.3 is 0 Å². The summed E-state index contributed by atoms with van der Waals surface area (Å²) in [6.45, 7) is 0.211. The Morgan fingerprint density at radius 1 is 1.20 bits per heavy atom. The molecule has 0 bridgehead atoms. The summed E-state index contributed by atoms with van der Waals surface area (Å²) in [5.41, 5.74) is 1.94. The van der Waals surface area contributed by atoms with Crippen molar-refractivity contribution in [3.63, 3.8) is 0 Å². The minimum Gasteiger partial charge on any atom is -0.487 e. The fourth-order valence-corrected chi connectivity index (χ4v) is 4.48. The van der Waals surface area contributed by atoms with E-state index < -0.39 is 0 Å². The number of ether oxygens (including phenoxy) is 1. The maximum atomic E-state index is 13.3. The number of halogens is 2. The molecule has 7 heteroatoms. The standard InChI is InChI=1S/C23H22ClFN2O2S/c24-19-12-15(9-10-21(19)29-14-16-5-4-6-17(25)11-16)13-20-22(28)27(23(30)26-20)18-7-2-1-3-8-18/h4-6,9-13,18H,1-3,7-8,14H2,(H,26,30)/b20-13-. The fourth-order valence-electron chi connectivity index (χ4n) is 3.90. The van der Waals surface area contributed by atoms with Gasteiger partial charge in [-0.25, -0.2) is 4.39 Å². The third kappa shape index (κ3) is 4.65. The van der Waals surface area contributed by atoms with Gasteiger partial charge in [-0.1, -0.05) is 49.1 Å². The summed E-state index contributed by atoms with van der Waals surface area (Å²) in [5, 5.41) is 3.93. The second kappa shape index (κ2) is 9.14. The molecule has 4 rings (SSSR count). The molecule has 2 fully saturated rings. The van der Waals surface area contributed by atoms with Crippen molar-refractivity contribution in [2.75, 3.05) is 0 Å². The molecular weight excluding hydrogens is 423 g/mol. The highest BCUT2D eigenvalue weighted by Gasteiger charge is 2.36. The van der Waals surface area contributed by atoms with E-state index >= 15 is 0 Å². The highest BCUT2D eigenvalue weighted by Crippen LogP contribution is 2.29. The predicted octanol–water partition coefficient (Wildman–Crippen LogP) is 5.45. The molecule has 1 N–H and O–H groups in total. The van der Waals surface area contributed by atoms with Crippen molar-refractivity contribution in [2.45, 2.75) is 44.8 Å². The van der Waals surface area contributed by atoms with Gasteiger partial charge in [0.2, 0.25) is 0 Å². The van der Waals surface area contributed by atoms with Crippen LogP contribution in [0.15, 0.2) is 48.2 Å². The van der Waals surface area contributed by atoms with Gasteiger partial charge in [0.05, 0.1) is 5.02 Å². The Labute approximate surface area is 185 Å². The summed E-state index contributed by atoms with van der Waals surface area (Å²) < 4.78 is 19.0. The van der Waals surface area contributed by atoms with Crippen LogP contribution in [0.1, 0.15) is 43.2 Å². The zero-order chi connectivity index (χ0) is 21.1. The van der Waals surface area contributed by atoms with E-state index in [1.807, 2.05) is 6.07 Å². The molecule has 1 aliphatic carbocycles. The average Bonchev–Trinajstić information content (AvgIpc) is 3.01. The quantitative estimate of drug-likeness (QED) is 0.492. The van der Waals surface area contributed by atoms with Gasteiger partial charge in [0, 0.05) is 6.04 Å². The van der Waals surface area contributed by atoms with Gasteiger partial charge in [0.1, 0.15) is 23.9 Å². The van der Waals surface area contributed by atoms with E-state index in [0.29, 0.717) is 27.1 Å². The number of hydrogen-bond acceptors (Lipinski definition) is 3. The van der Waals surface area contributed by atoms with Gasteiger partial charge in [-0.05, 0) is 66.5 Å². The Balaban J connectivity index is 1.45. The maximum Gasteiger partial charge on any atom is 0.276 e. The summed E-state index contributed by atoms with van der Waals surface area (Å²) in [6, 6.07) is 11.7. The van der Waals surface area contributed by atoms with E-state index in [4.69, 9.17) is 28.6 Å². The molecule has 0 unspecified atom stereocenters. The first-order valence-electron chi connectivity index (χ1n) is 10.0. The fraction of sp³-hybridized carbons (Fsp3) is 0.304. The number of benzene rings is 2. The highest BCUT2D eigenvalue weighted by atomic mass is 35.5. The number of nitrogens with one attached hydrogen (secondary N) is 1. The van der Waals surface area contributed by atoms with Crippen molar-refractivity contribution in [3.05, 3.63) is 70.1 Å². The van der Waals surface area contributed by atoms with Gasteiger partial charge in [-0.2, -0.15) is 0 Å². The lowest BCUT2D eigenvalue weighted by Gasteiger charge is -2.29. The molecule has 1 saturated carbocycles. The van der Waals surface area contributed by atoms with E-state index in [1.165, 1.54) is 18.6 Å². The van der Waals surface area contributed by atoms with Gasteiger partial charge in [0.25, 0.3) is 5.91 Å². The second-order valence-electron chi connectivity index (χ2n) is 7.56. The zero-order valence-corrected chi connectivity index (χ0v) is 17.9. The number of hydrogen-bond donors (Lipinski definition) is 1. The van der Waals surface area contributed by atoms with Crippen LogP contribution in [0.5, 0.6) is 5.75 Å². The first kappa shape index (κ1) is 20.8. The average molecular weight is 445 g/mol. The summed E-state index contributed by atoms with van der Waals surface area (Å²) in [7, 11) is 0. The summed E-state index contributed by atoms with van der Waals surface area (Å²) in [4.78, 5) is 14.6. The second-order valence-corrected chi connectivity index (χ2v) is 8.36. The molecule has 0 aromatic heterocycles. The lowest BCUT2D eigenvalue weighted by Crippen LogP contribution is -2.41. The van der Waals surface area contributed by atoms with Crippen molar-refractivity contribution in [1.82, 2.24) is 10.2 Å². The molecule has 1 heterocycles. The molecule has 4 nitrogen and oxygen atoms in total. The van der Waals surface area contributed by atoms with Gasteiger partial charge in [-0.15, -0.1) is 0 Å². The molecule has 0 radical (unpaired) electrons. The van der Waals surface area contributed by atoms with Crippen LogP contribution < -0.4 is 10.1 Å². The van der Waals surface area contributed by atoms with E-state index in [0.717, 1.165) is 31.2 Å². The van der Waals surface area contributed by atoms with Crippen LogP contribution >= 0.6 is 23.8 Å². The van der Waals surface area contributed by atoms with Crippen molar-refractivity contribution < 1.29 is 13.9 Å². The largest absolute Gasteiger partial charge is 0.487 e. The number of rotatable bonds is 5. The molecule has 156 valence electrons. The number of thiocarbonyl (C=S) groups is 1. The van der Waals surface area contributed by atoms with Gasteiger partial charge in [-0.3, -0.25) is 9.69 Å². The van der Waals surface area contributed by atoms with E-state index in [2.05, 4.69) is 5.32 Å². The highest BCUT2D eigenvalue weighted by molar-refractivity contribution is 7.80. The van der Waals surface area contributed by atoms with Crippen LogP contribution in [0, 0.1) is 5.82 Å². The molecule has 0 atom stereocenters. The topological polar surface area (TPSA) is 41.6 Å². The third-order valence-electron chi connectivity index (χ3n) is 5.40. The Kier molecular flexibility index (Phi) is 6.35. The monoisotopic (exact) mass is 444 g/mol. The summed E-state index contributed by atoms with van der Waals surface area (Å²) in [5.74, 6) is 0.0978. The van der Waals surface area contributed by atoms with Crippen LogP contribution in [0.4, 0.5) is 4.39 Å². The minimum atomic E-state index is -0.307. The first-order valence-corrected chi connectivity index (χ1v) is 10.8. The zero-order valence-electron chi connectivity index (χ0n) is 16.4. The minimum absolute atomic E-state index is 0.0885. The molecule has 2 aliphatic rings. The summed E-state index contributed by atoms with van der Waals surface area (Å²) in [6.07, 6.45) is 7.20. The lowest BCUT2D eigenvalue weighted by molar-refractivity contribution is -0.124. The Morgan fingerprint density at radius 3 is 2.73 bits per heavy atom. The molecule has 1 saturated heterocycles. The third-order valence-corrected chi connectivity index (χ3v) is 5.99. The van der Waals surface area contributed by atoms with Crippen molar-refractivity contribution >= 4 is 40.9 Å². The van der Waals surface area contributed by atoms with E-state index in [-0.39, 0.29) is 24.4 Å². The molecule has 2 aromatic carbocycles. The van der Waals surface area contributed by atoms with Crippen molar-refractivity contribution in [3.8, 4) is 5.75 Å². The van der Waals surface area contributed by atoms with Crippen LogP contribution in [0.3, 0.4) is 0 Å². The van der Waals surface area contributed by atoms with Gasteiger partial charge < -0.3 is 10.1 Å². The number of carbonyl (C=O) groups is 1. The molecule has 1 aliphatic heterocycles. The van der Waals surface area contributed by atoms with Crippen molar-refractivity contribution in [1.29, 1.82) is 0 Å².